The van der Waals surface area contributed by atoms with Crippen LogP contribution in [0.3, 0.4) is 0 Å². The summed E-state index contributed by atoms with van der Waals surface area (Å²) < 4.78 is 6.90. The lowest BCUT2D eigenvalue weighted by Gasteiger charge is -2.33. The van der Waals surface area contributed by atoms with Gasteiger partial charge in [-0.3, -0.25) is 9.58 Å². The van der Waals surface area contributed by atoms with E-state index in [4.69, 9.17) is 15.7 Å². The Morgan fingerprint density at radius 2 is 2.32 bits per heavy atom. The van der Waals surface area contributed by atoms with Crippen molar-refractivity contribution in [1.82, 2.24) is 14.7 Å². The van der Waals surface area contributed by atoms with E-state index in [1.807, 2.05) is 26.4 Å². The highest BCUT2D eigenvalue weighted by Crippen LogP contribution is 2.23. The highest BCUT2D eigenvalue weighted by Gasteiger charge is 2.24. The SMILES string of the molecule is COCCN(CCC#N)C(c1cnn(C)c1)C(C)N. The van der Waals surface area contributed by atoms with Crippen LogP contribution in [0.1, 0.15) is 24.9 Å². The summed E-state index contributed by atoms with van der Waals surface area (Å²) in [6, 6.07) is 2.19. The van der Waals surface area contributed by atoms with Crippen LogP contribution in [-0.4, -0.2) is 47.5 Å². The smallest absolute Gasteiger partial charge is 0.0635 e. The first-order chi connectivity index (χ1) is 9.10. The molecule has 0 saturated heterocycles. The van der Waals surface area contributed by atoms with E-state index in [1.165, 1.54) is 0 Å². The monoisotopic (exact) mass is 265 g/mol. The summed E-state index contributed by atoms with van der Waals surface area (Å²) >= 11 is 0. The summed E-state index contributed by atoms with van der Waals surface area (Å²) in [4.78, 5) is 2.19. The lowest BCUT2D eigenvalue weighted by molar-refractivity contribution is 0.112. The molecule has 1 aromatic heterocycles. The first kappa shape index (κ1) is 15.6. The van der Waals surface area contributed by atoms with Crippen molar-refractivity contribution >= 4 is 0 Å². The molecular formula is C13H23N5O. The van der Waals surface area contributed by atoms with Gasteiger partial charge in [0.15, 0.2) is 0 Å². The van der Waals surface area contributed by atoms with Gasteiger partial charge in [-0.15, -0.1) is 0 Å². The topological polar surface area (TPSA) is 80.1 Å². The quantitative estimate of drug-likeness (QED) is 0.747. The average molecular weight is 265 g/mol. The van der Waals surface area contributed by atoms with Gasteiger partial charge in [-0.2, -0.15) is 10.4 Å². The molecule has 2 atom stereocenters. The number of methoxy groups -OCH3 is 1. The molecule has 0 aromatic carbocycles. The van der Waals surface area contributed by atoms with Gasteiger partial charge in [-0.25, -0.2) is 0 Å². The minimum absolute atomic E-state index is 0.0419. The van der Waals surface area contributed by atoms with Gasteiger partial charge < -0.3 is 10.5 Å². The largest absolute Gasteiger partial charge is 0.383 e. The number of nitrogens with two attached hydrogens (primary N) is 1. The molecule has 0 spiro atoms. The lowest BCUT2D eigenvalue weighted by atomic mass is 10.0. The van der Waals surface area contributed by atoms with Crippen LogP contribution in [0.4, 0.5) is 0 Å². The number of hydrogen-bond acceptors (Lipinski definition) is 5. The Kier molecular flexibility index (Phi) is 6.50. The molecule has 0 aliphatic carbocycles. The second-order valence-electron chi connectivity index (χ2n) is 4.69. The number of hydrogen-bond donors (Lipinski definition) is 1. The second kappa shape index (κ2) is 7.89. The van der Waals surface area contributed by atoms with Gasteiger partial charge in [0.2, 0.25) is 0 Å². The predicted octanol–water partition coefficient (Wildman–Crippen LogP) is 0.670. The van der Waals surface area contributed by atoms with E-state index in [0.29, 0.717) is 19.6 Å². The van der Waals surface area contributed by atoms with Gasteiger partial charge in [0.05, 0.1) is 24.9 Å². The minimum atomic E-state index is -0.0419. The zero-order valence-electron chi connectivity index (χ0n) is 11.9. The van der Waals surface area contributed by atoms with Crippen molar-refractivity contribution in [2.75, 3.05) is 26.8 Å². The molecular weight excluding hydrogens is 242 g/mol. The minimum Gasteiger partial charge on any atom is -0.383 e. The summed E-state index contributed by atoms with van der Waals surface area (Å²) in [6.07, 6.45) is 4.29. The van der Waals surface area contributed by atoms with Crippen molar-refractivity contribution < 1.29 is 4.74 Å². The number of ether oxygens (including phenoxy) is 1. The van der Waals surface area contributed by atoms with Crippen LogP contribution in [0, 0.1) is 11.3 Å². The number of aromatic nitrogens is 2. The van der Waals surface area contributed by atoms with Gasteiger partial charge in [-0.05, 0) is 6.92 Å². The number of aryl methyl sites for hydroxylation is 1. The van der Waals surface area contributed by atoms with Crippen LogP contribution < -0.4 is 5.73 Å². The molecule has 2 unspecified atom stereocenters. The molecule has 6 nitrogen and oxygen atoms in total. The number of rotatable bonds is 8. The van der Waals surface area contributed by atoms with Crippen LogP contribution in [-0.2, 0) is 11.8 Å². The Labute approximate surface area is 114 Å². The molecule has 0 saturated carbocycles. The molecule has 19 heavy (non-hydrogen) atoms. The van der Waals surface area contributed by atoms with Crippen LogP contribution in [0.2, 0.25) is 0 Å². The van der Waals surface area contributed by atoms with Crippen molar-refractivity contribution in [2.24, 2.45) is 12.8 Å². The Balaban J connectivity index is 2.87. The van der Waals surface area contributed by atoms with Gasteiger partial charge in [0.25, 0.3) is 0 Å². The maximum Gasteiger partial charge on any atom is 0.0635 e. The fourth-order valence-corrected chi connectivity index (χ4v) is 2.23. The highest BCUT2D eigenvalue weighted by molar-refractivity contribution is 5.13. The molecule has 0 amide bonds. The zero-order chi connectivity index (χ0) is 14.3. The molecule has 1 heterocycles. The summed E-state index contributed by atoms with van der Waals surface area (Å²) in [6.45, 7) is 4.03. The predicted molar refractivity (Wildman–Crippen MR) is 73.3 cm³/mol. The summed E-state index contributed by atoms with van der Waals surface area (Å²) in [5.74, 6) is 0. The highest BCUT2D eigenvalue weighted by atomic mass is 16.5. The standard InChI is InChI=1S/C13H23N5O/c1-11(15)13(12-9-16-17(2)10-12)18(6-4-5-14)7-8-19-3/h9-11,13H,4,6-8,15H2,1-3H3. The van der Waals surface area contributed by atoms with E-state index in [1.54, 1.807) is 11.8 Å². The van der Waals surface area contributed by atoms with Gasteiger partial charge in [0, 0.05) is 51.5 Å². The van der Waals surface area contributed by atoms with Crippen molar-refractivity contribution in [2.45, 2.75) is 25.4 Å². The van der Waals surface area contributed by atoms with Crippen molar-refractivity contribution in [1.29, 1.82) is 5.26 Å². The molecule has 1 aromatic rings. The van der Waals surface area contributed by atoms with E-state index in [-0.39, 0.29) is 12.1 Å². The maximum atomic E-state index is 8.78. The Morgan fingerprint density at radius 3 is 2.79 bits per heavy atom. The van der Waals surface area contributed by atoms with Gasteiger partial charge in [-0.1, -0.05) is 0 Å². The Bertz CT molecular complexity index is 409. The van der Waals surface area contributed by atoms with Crippen molar-refractivity contribution in [3.8, 4) is 6.07 Å². The second-order valence-corrected chi connectivity index (χ2v) is 4.69. The van der Waals surface area contributed by atoms with E-state index in [9.17, 15) is 0 Å². The lowest BCUT2D eigenvalue weighted by Crippen LogP contribution is -2.41. The van der Waals surface area contributed by atoms with E-state index in [0.717, 1.165) is 12.1 Å². The summed E-state index contributed by atoms with van der Waals surface area (Å²) in [7, 11) is 3.56. The zero-order valence-corrected chi connectivity index (χ0v) is 11.9. The molecule has 0 bridgehead atoms. The molecule has 0 aliphatic heterocycles. The molecule has 0 radical (unpaired) electrons. The summed E-state index contributed by atoms with van der Waals surface area (Å²) in [5.41, 5.74) is 7.20. The number of nitrogens with zero attached hydrogens (tertiary/aromatic N) is 4. The van der Waals surface area contributed by atoms with E-state index >= 15 is 0 Å². The summed E-state index contributed by atoms with van der Waals surface area (Å²) in [5, 5.41) is 13.0. The van der Waals surface area contributed by atoms with Crippen LogP contribution in [0.25, 0.3) is 0 Å². The average Bonchev–Trinajstić information content (AvgIpc) is 2.78. The first-order valence-corrected chi connectivity index (χ1v) is 6.44. The molecule has 2 N–H and O–H groups in total. The van der Waals surface area contributed by atoms with Gasteiger partial charge >= 0.3 is 0 Å². The Hall–Kier alpha value is -1.42. The third-order valence-corrected chi connectivity index (χ3v) is 3.05. The molecule has 1 rings (SSSR count). The van der Waals surface area contributed by atoms with E-state index in [2.05, 4.69) is 16.1 Å². The molecule has 0 fully saturated rings. The van der Waals surface area contributed by atoms with Gasteiger partial charge in [0.1, 0.15) is 0 Å². The third kappa shape index (κ3) is 4.63. The fraction of sp³-hybridized carbons (Fsp3) is 0.692. The normalized spacial score (nSPS) is 14.3. The maximum absolute atomic E-state index is 8.78. The fourth-order valence-electron chi connectivity index (χ4n) is 2.23. The van der Waals surface area contributed by atoms with E-state index < -0.39 is 0 Å². The Morgan fingerprint density at radius 1 is 1.58 bits per heavy atom. The van der Waals surface area contributed by atoms with Crippen LogP contribution in [0.15, 0.2) is 12.4 Å². The third-order valence-electron chi connectivity index (χ3n) is 3.05. The van der Waals surface area contributed by atoms with Crippen LogP contribution in [0.5, 0.6) is 0 Å². The van der Waals surface area contributed by atoms with Crippen LogP contribution >= 0.6 is 0 Å². The number of nitriles is 1. The van der Waals surface area contributed by atoms with Crippen molar-refractivity contribution in [3.63, 3.8) is 0 Å². The molecule has 0 aliphatic rings. The molecule has 106 valence electrons. The molecule has 6 heteroatoms. The van der Waals surface area contributed by atoms with Crippen molar-refractivity contribution in [3.05, 3.63) is 18.0 Å². The first-order valence-electron chi connectivity index (χ1n) is 6.44.